The van der Waals surface area contributed by atoms with E-state index in [1.807, 2.05) is 31.3 Å². The Labute approximate surface area is 81.5 Å². The number of rotatable bonds is 2. The summed E-state index contributed by atoms with van der Waals surface area (Å²) in [5.74, 6) is 0.908. The highest BCUT2D eigenvalue weighted by Gasteiger charge is 2.04. The fourth-order valence-corrected chi connectivity index (χ4v) is 1.56. The molecule has 0 amide bonds. The van der Waals surface area contributed by atoms with E-state index < -0.39 is 0 Å². The smallest absolute Gasteiger partial charge is 0.135 e. The number of hydrogen-bond donors (Lipinski definition) is 1. The minimum Gasteiger partial charge on any atom is -0.460 e. The van der Waals surface area contributed by atoms with Crippen LogP contribution in [0.2, 0.25) is 5.02 Å². The highest BCUT2D eigenvalue weighted by Crippen LogP contribution is 2.26. The van der Waals surface area contributed by atoms with Crippen LogP contribution in [-0.2, 0) is 6.54 Å². The lowest BCUT2D eigenvalue weighted by Gasteiger charge is -1.90. The second-order valence-corrected chi connectivity index (χ2v) is 3.30. The van der Waals surface area contributed by atoms with E-state index >= 15 is 0 Å². The van der Waals surface area contributed by atoms with Crippen LogP contribution in [0, 0.1) is 0 Å². The second-order valence-electron chi connectivity index (χ2n) is 2.89. The van der Waals surface area contributed by atoms with Gasteiger partial charge in [-0.1, -0.05) is 17.7 Å². The molecule has 13 heavy (non-hydrogen) atoms. The predicted octanol–water partition coefficient (Wildman–Crippen LogP) is 2.81. The van der Waals surface area contributed by atoms with Crippen LogP contribution in [-0.4, -0.2) is 7.05 Å². The number of hydrogen-bond acceptors (Lipinski definition) is 2. The van der Waals surface area contributed by atoms with Crippen LogP contribution in [0.5, 0.6) is 0 Å². The fourth-order valence-electron chi connectivity index (χ4n) is 1.34. The minimum absolute atomic E-state index is 0.727. The standard InChI is InChI=1S/C10H10ClNO/c1-12-6-7-5-8-9(11)3-2-4-10(8)13-7/h2-5,12H,6H2,1H3. The molecule has 0 saturated heterocycles. The summed E-state index contributed by atoms with van der Waals surface area (Å²) in [6.07, 6.45) is 0. The second kappa shape index (κ2) is 3.40. The molecule has 2 rings (SSSR count). The Balaban J connectivity index is 2.55. The lowest BCUT2D eigenvalue weighted by molar-refractivity contribution is 0.531. The van der Waals surface area contributed by atoms with Crippen molar-refractivity contribution >= 4 is 22.6 Å². The molecular weight excluding hydrogens is 186 g/mol. The van der Waals surface area contributed by atoms with Crippen molar-refractivity contribution in [2.45, 2.75) is 6.54 Å². The first kappa shape index (κ1) is 8.60. The van der Waals surface area contributed by atoms with Crippen LogP contribution in [0.15, 0.2) is 28.7 Å². The van der Waals surface area contributed by atoms with E-state index in [0.29, 0.717) is 0 Å². The Kier molecular flexibility index (Phi) is 2.25. The van der Waals surface area contributed by atoms with Gasteiger partial charge in [0.25, 0.3) is 0 Å². The lowest BCUT2D eigenvalue weighted by atomic mass is 10.2. The lowest BCUT2D eigenvalue weighted by Crippen LogP contribution is -2.03. The molecule has 1 N–H and O–H groups in total. The van der Waals surface area contributed by atoms with Gasteiger partial charge in [0.15, 0.2) is 0 Å². The Morgan fingerprint density at radius 2 is 2.31 bits per heavy atom. The van der Waals surface area contributed by atoms with E-state index in [1.165, 1.54) is 0 Å². The fraction of sp³-hybridized carbons (Fsp3) is 0.200. The molecule has 2 aromatic rings. The van der Waals surface area contributed by atoms with Gasteiger partial charge >= 0.3 is 0 Å². The Morgan fingerprint density at radius 3 is 3.00 bits per heavy atom. The Bertz CT molecular complexity index is 422. The summed E-state index contributed by atoms with van der Waals surface area (Å²) in [6, 6.07) is 7.63. The number of furan rings is 1. The summed E-state index contributed by atoms with van der Waals surface area (Å²) in [4.78, 5) is 0. The van der Waals surface area contributed by atoms with Crippen molar-refractivity contribution in [3.63, 3.8) is 0 Å². The highest BCUT2D eigenvalue weighted by molar-refractivity contribution is 6.35. The number of halogens is 1. The third kappa shape index (κ3) is 1.55. The summed E-state index contributed by atoms with van der Waals surface area (Å²) in [5, 5.41) is 4.75. The van der Waals surface area contributed by atoms with E-state index in [4.69, 9.17) is 16.0 Å². The average molecular weight is 196 g/mol. The van der Waals surface area contributed by atoms with E-state index in [0.717, 1.165) is 28.3 Å². The third-order valence-electron chi connectivity index (χ3n) is 1.91. The van der Waals surface area contributed by atoms with Crippen LogP contribution < -0.4 is 5.32 Å². The van der Waals surface area contributed by atoms with Crippen molar-refractivity contribution in [2.24, 2.45) is 0 Å². The van der Waals surface area contributed by atoms with Gasteiger partial charge in [0.2, 0.25) is 0 Å². The topological polar surface area (TPSA) is 25.2 Å². The minimum atomic E-state index is 0.727. The van der Waals surface area contributed by atoms with Gasteiger partial charge in [0.1, 0.15) is 11.3 Å². The molecule has 3 heteroatoms. The van der Waals surface area contributed by atoms with Crippen molar-refractivity contribution in [1.82, 2.24) is 5.32 Å². The zero-order valence-electron chi connectivity index (χ0n) is 7.30. The largest absolute Gasteiger partial charge is 0.460 e. The zero-order chi connectivity index (χ0) is 9.26. The van der Waals surface area contributed by atoms with Gasteiger partial charge in [-0.15, -0.1) is 0 Å². The van der Waals surface area contributed by atoms with Crippen LogP contribution >= 0.6 is 11.6 Å². The number of nitrogens with one attached hydrogen (secondary N) is 1. The average Bonchev–Trinajstić information content (AvgIpc) is 2.49. The molecule has 0 unspecified atom stereocenters. The summed E-state index contributed by atoms with van der Waals surface area (Å²) in [5.41, 5.74) is 0.845. The quantitative estimate of drug-likeness (QED) is 0.797. The molecule has 0 atom stereocenters. The molecule has 0 saturated carbocycles. The van der Waals surface area contributed by atoms with Gasteiger partial charge in [0, 0.05) is 5.39 Å². The van der Waals surface area contributed by atoms with Gasteiger partial charge < -0.3 is 9.73 Å². The van der Waals surface area contributed by atoms with E-state index in [-0.39, 0.29) is 0 Å². The normalized spacial score (nSPS) is 10.9. The molecular formula is C10H10ClNO. The summed E-state index contributed by atoms with van der Waals surface area (Å²) in [7, 11) is 1.88. The molecule has 0 spiro atoms. The monoisotopic (exact) mass is 195 g/mol. The molecule has 0 aliphatic heterocycles. The Morgan fingerprint density at radius 1 is 1.46 bits per heavy atom. The molecule has 0 fully saturated rings. The van der Waals surface area contributed by atoms with Gasteiger partial charge in [-0.2, -0.15) is 0 Å². The van der Waals surface area contributed by atoms with Gasteiger partial charge in [-0.3, -0.25) is 0 Å². The molecule has 68 valence electrons. The Hall–Kier alpha value is -0.990. The molecule has 0 aliphatic rings. The maximum absolute atomic E-state index is 5.99. The van der Waals surface area contributed by atoms with Crippen molar-refractivity contribution in [3.8, 4) is 0 Å². The van der Waals surface area contributed by atoms with E-state index in [1.54, 1.807) is 0 Å². The van der Waals surface area contributed by atoms with E-state index in [9.17, 15) is 0 Å². The van der Waals surface area contributed by atoms with Crippen molar-refractivity contribution in [2.75, 3.05) is 7.05 Å². The van der Waals surface area contributed by atoms with Crippen LogP contribution in [0.4, 0.5) is 0 Å². The van der Waals surface area contributed by atoms with E-state index in [2.05, 4.69) is 5.32 Å². The first-order valence-corrected chi connectivity index (χ1v) is 4.50. The summed E-state index contributed by atoms with van der Waals surface area (Å²) >= 11 is 5.99. The molecule has 0 radical (unpaired) electrons. The SMILES string of the molecule is CNCc1cc2c(Cl)cccc2o1. The molecule has 1 aromatic heterocycles. The van der Waals surface area contributed by atoms with Crippen LogP contribution in [0.3, 0.4) is 0 Å². The summed E-state index contributed by atoms with van der Waals surface area (Å²) in [6.45, 7) is 0.727. The predicted molar refractivity (Wildman–Crippen MR) is 54.0 cm³/mol. The van der Waals surface area contributed by atoms with Gasteiger partial charge in [-0.05, 0) is 25.2 Å². The molecule has 2 nitrogen and oxygen atoms in total. The maximum atomic E-state index is 5.99. The molecule has 0 aliphatic carbocycles. The van der Waals surface area contributed by atoms with Crippen molar-refractivity contribution in [3.05, 3.63) is 35.0 Å². The zero-order valence-corrected chi connectivity index (χ0v) is 8.06. The van der Waals surface area contributed by atoms with Gasteiger partial charge in [0.05, 0.1) is 11.6 Å². The van der Waals surface area contributed by atoms with Crippen LogP contribution in [0.25, 0.3) is 11.0 Å². The first-order valence-electron chi connectivity index (χ1n) is 4.13. The number of fused-ring (bicyclic) bond motifs is 1. The third-order valence-corrected chi connectivity index (χ3v) is 2.24. The van der Waals surface area contributed by atoms with Crippen molar-refractivity contribution < 1.29 is 4.42 Å². The molecule has 1 aromatic carbocycles. The summed E-state index contributed by atoms with van der Waals surface area (Å²) < 4.78 is 5.54. The first-order chi connectivity index (χ1) is 6.31. The highest BCUT2D eigenvalue weighted by atomic mass is 35.5. The maximum Gasteiger partial charge on any atom is 0.135 e. The van der Waals surface area contributed by atoms with Gasteiger partial charge in [-0.25, -0.2) is 0 Å². The molecule has 1 heterocycles. The molecule has 0 bridgehead atoms. The van der Waals surface area contributed by atoms with Crippen molar-refractivity contribution in [1.29, 1.82) is 0 Å². The van der Waals surface area contributed by atoms with Crippen LogP contribution in [0.1, 0.15) is 5.76 Å². The number of benzene rings is 1.